The zero-order chi connectivity index (χ0) is 21.5. The van der Waals surface area contributed by atoms with Crippen LogP contribution < -0.4 is 10.2 Å². The highest BCUT2D eigenvalue weighted by molar-refractivity contribution is 7.10. The van der Waals surface area contributed by atoms with Crippen molar-refractivity contribution in [3.8, 4) is 6.07 Å². The van der Waals surface area contributed by atoms with Crippen molar-refractivity contribution < 1.29 is 9.53 Å². The van der Waals surface area contributed by atoms with Crippen LogP contribution in [0.3, 0.4) is 0 Å². The third-order valence-corrected chi connectivity index (χ3v) is 6.77. The molecule has 0 spiro atoms. The van der Waals surface area contributed by atoms with Gasteiger partial charge in [0.1, 0.15) is 11.9 Å². The Morgan fingerprint density at radius 3 is 2.84 bits per heavy atom. The van der Waals surface area contributed by atoms with Crippen LogP contribution >= 0.6 is 11.3 Å². The zero-order valence-electron chi connectivity index (χ0n) is 17.6. The van der Waals surface area contributed by atoms with Gasteiger partial charge in [0.2, 0.25) is 0 Å². The second-order valence-electron chi connectivity index (χ2n) is 7.68. The van der Waals surface area contributed by atoms with E-state index in [2.05, 4.69) is 43.7 Å². The Hall–Kier alpha value is -2.67. The van der Waals surface area contributed by atoms with E-state index in [1.165, 1.54) is 4.88 Å². The van der Waals surface area contributed by atoms with E-state index in [0.29, 0.717) is 37.6 Å². The molecule has 4 heterocycles. The Kier molecular flexibility index (Phi) is 7.35. The number of carbonyl (C=O) groups excluding carboxylic acids is 1. The second-order valence-corrected chi connectivity index (χ2v) is 8.66. The number of amides is 2. The van der Waals surface area contributed by atoms with E-state index in [1.54, 1.807) is 29.7 Å². The minimum atomic E-state index is -0.0295. The molecule has 0 saturated carbocycles. The maximum atomic E-state index is 13.0. The van der Waals surface area contributed by atoms with Crippen molar-refractivity contribution in [3.05, 3.63) is 46.3 Å². The van der Waals surface area contributed by atoms with E-state index in [9.17, 15) is 10.1 Å². The van der Waals surface area contributed by atoms with Crippen molar-refractivity contribution in [2.75, 3.05) is 63.9 Å². The van der Waals surface area contributed by atoms with Gasteiger partial charge >= 0.3 is 6.03 Å². The first kappa shape index (κ1) is 21.6. The van der Waals surface area contributed by atoms with E-state index in [4.69, 9.17) is 4.74 Å². The molecule has 9 heteroatoms. The molecule has 4 rings (SSSR count). The first-order chi connectivity index (χ1) is 15.3. The maximum Gasteiger partial charge on any atom is 0.317 e. The number of morpholine rings is 1. The lowest BCUT2D eigenvalue weighted by molar-refractivity contribution is 0.0172. The fourth-order valence-electron chi connectivity index (χ4n) is 4.14. The van der Waals surface area contributed by atoms with Crippen molar-refractivity contribution in [1.82, 2.24) is 20.1 Å². The summed E-state index contributed by atoms with van der Waals surface area (Å²) in [4.78, 5) is 25.0. The monoisotopic (exact) mass is 440 g/mol. The molecular formula is C22H28N6O2S. The molecule has 2 fully saturated rings. The van der Waals surface area contributed by atoms with Crippen LogP contribution in [0.25, 0.3) is 0 Å². The summed E-state index contributed by atoms with van der Waals surface area (Å²) in [6.07, 6.45) is 2.55. The molecule has 0 aromatic carbocycles. The first-order valence-corrected chi connectivity index (χ1v) is 11.6. The number of nitriles is 1. The fourth-order valence-corrected chi connectivity index (χ4v) is 5.00. The molecule has 2 amide bonds. The largest absolute Gasteiger partial charge is 0.379 e. The third-order valence-electron chi connectivity index (χ3n) is 5.79. The number of hydrogen-bond donors (Lipinski definition) is 1. The molecular weight excluding hydrogens is 412 g/mol. The van der Waals surface area contributed by atoms with Crippen molar-refractivity contribution in [1.29, 1.82) is 5.26 Å². The quantitative estimate of drug-likeness (QED) is 0.768. The molecule has 1 N–H and O–H groups in total. The lowest BCUT2D eigenvalue weighted by Crippen LogP contribution is -2.47. The van der Waals surface area contributed by atoms with Crippen LogP contribution in [0, 0.1) is 11.3 Å². The number of pyridine rings is 1. The predicted molar refractivity (Wildman–Crippen MR) is 120 cm³/mol. The van der Waals surface area contributed by atoms with Gasteiger partial charge in [-0.15, -0.1) is 11.3 Å². The highest BCUT2D eigenvalue weighted by Crippen LogP contribution is 2.25. The molecule has 1 unspecified atom stereocenters. The van der Waals surface area contributed by atoms with Crippen LogP contribution in [-0.2, 0) is 4.74 Å². The average molecular weight is 441 g/mol. The Labute approximate surface area is 187 Å². The summed E-state index contributed by atoms with van der Waals surface area (Å²) >= 11 is 1.73. The lowest BCUT2D eigenvalue weighted by Gasteiger charge is -2.34. The number of rotatable bonds is 5. The summed E-state index contributed by atoms with van der Waals surface area (Å²) in [6, 6.07) is 10.1. The van der Waals surface area contributed by atoms with Crippen molar-refractivity contribution in [3.63, 3.8) is 0 Å². The molecule has 0 radical (unpaired) electrons. The van der Waals surface area contributed by atoms with E-state index in [1.807, 2.05) is 4.90 Å². The van der Waals surface area contributed by atoms with Gasteiger partial charge in [-0.25, -0.2) is 9.78 Å². The Morgan fingerprint density at radius 2 is 2.06 bits per heavy atom. The topological polar surface area (TPSA) is 84.7 Å². The molecule has 2 aliphatic heterocycles. The number of thiophene rings is 1. The van der Waals surface area contributed by atoms with E-state index in [-0.39, 0.29) is 12.1 Å². The van der Waals surface area contributed by atoms with Crippen LogP contribution in [0.15, 0.2) is 35.8 Å². The van der Waals surface area contributed by atoms with Crippen molar-refractivity contribution in [2.24, 2.45) is 0 Å². The summed E-state index contributed by atoms with van der Waals surface area (Å²) in [5.41, 5.74) is 0.574. The Morgan fingerprint density at radius 1 is 1.19 bits per heavy atom. The smallest absolute Gasteiger partial charge is 0.317 e. The molecule has 8 nitrogen and oxygen atoms in total. The van der Waals surface area contributed by atoms with Crippen molar-refractivity contribution >= 4 is 23.2 Å². The summed E-state index contributed by atoms with van der Waals surface area (Å²) in [6.45, 7) is 6.54. The molecule has 164 valence electrons. The van der Waals surface area contributed by atoms with E-state index >= 15 is 0 Å². The number of nitrogens with zero attached hydrogens (tertiary/aromatic N) is 5. The second kappa shape index (κ2) is 10.6. The van der Waals surface area contributed by atoms with Gasteiger partial charge in [-0.3, -0.25) is 4.90 Å². The highest BCUT2D eigenvalue weighted by Gasteiger charge is 2.26. The number of hydrogen-bond acceptors (Lipinski definition) is 7. The lowest BCUT2D eigenvalue weighted by atomic mass is 10.2. The minimum absolute atomic E-state index is 0.0295. The summed E-state index contributed by atoms with van der Waals surface area (Å²) in [5, 5.41) is 14.6. The van der Waals surface area contributed by atoms with Gasteiger partial charge in [-0.05, 0) is 30.0 Å². The normalized spacial score (nSPS) is 18.8. The van der Waals surface area contributed by atoms with Gasteiger partial charge in [-0.2, -0.15) is 5.26 Å². The standard InChI is InChI=1S/C22H28N6O2S/c23-16-18-4-1-6-24-21(18)27-7-3-8-28(10-9-27)22(29)25-17-19(20-5-2-15-31-20)26-11-13-30-14-12-26/h1-2,4-6,15,19H,3,7-14,17H2,(H,25,29). The molecule has 31 heavy (non-hydrogen) atoms. The predicted octanol–water partition coefficient (Wildman–Crippen LogP) is 2.31. The highest BCUT2D eigenvalue weighted by atomic mass is 32.1. The van der Waals surface area contributed by atoms with Crippen molar-refractivity contribution in [2.45, 2.75) is 12.5 Å². The van der Waals surface area contributed by atoms with Gasteiger partial charge < -0.3 is 19.9 Å². The summed E-state index contributed by atoms with van der Waals surface area (Å²) in [5.74, 6) is 0.706. The minimum Gasteiger partial charge on any atom is -0.379 e. The van der Waals surface area contributed by atoms with Crippen LogP contribution in [0.4, 0.5) is 10.6 Å². The van der Waals surface area contributed by atoms with E-state index in [0.717, 1.165) is 39.3 Å². The number of anilines is 1. The van der Waals surface area contributed by atoms with Crippen LogP contribution in [0.5, 0.6) is 0 Å². The number of ether oxygens (including phenoxy) is 1. The number of urea groups is 1. The zero-order valence-corrected chi connectivity index (χ0v) is 18.4. The van der Waals surface area contributed by atoms with Crippen LogP contribution in [0.1, 0.15) is 22.9 Å². The van der Waals surface area contributed by atoms with Crippen LogP contribution in [-0.4, -0.2) is 79.8 Å². The molecule has 0 aliphatic carbocycles. The van der Waals surface area contributed by atoms with Gasteiger partial charge in [-0.1, -0.05) is 6.07 Å². The molecule has 2 aromatic rings. The number of nitrogens with one attached hydrogen (secondary N) is 1. The molecule has 2 aliphatic rings. The SMILES string of the molecule is N#Cc1cccnc1N1CCCN(C(=O)NCC(c2cccs2)N2CCOCC2)CC1. The molecule has 2 saturated heterocycles. The Balaban J connectivity index is 1.35. The van der Waals surface area contributed by atoms with Gasteiger partial charge in [0.25, 0.3) is 0 Å². The Bertz CT molecular complexity index is 894. The van der Waals surface area contributed by atoms with Crippen LogP contribution in [0.2, 0.25) is 0 Å². The molecule has 1 atom stereocenters. The number of carbonyl (C=O) groups is 1. The maximum absolute atomic E-state index is 13.0. The van der Waals surface area contributed by atoms with Gasteiger partial charge in [0, 0.05) is 56.9 Å². The van der Waals surface area contributed by atoms with E-state index < -0.39 is 0 Å². The molecule has 2 aromatic heterocycles. The molecule has 0 bridgehead atoms. The average Bonchev–Trinajstić information content (AvgIpc) is 3.23. The van der Waals surface area contributed by atoms with Gasteiger partial charge in [0.05, 0.1) is 24.8 Å². The summed E-state index contributed by atoms with van der Waals surface area (Å²) < 4.78 is 5.50. The third kappa shape index (κ3) is 5.34. The fraction of sp³-hybridized carbons (Fsp3) is 0.500. The first-order valence-electron chi connectivity index (χ1n) is 10.7. The number of aromatic nitrogens is 1. The summed E-state index contributed by atoms with van der Waals surface area (Å²) in [7, 11) is 0. The van der Waals surface area contributed by atoms with Gasteiger partial charge in [0.15, 0.2) is 0 Å².